The Labute approximate surface area is 87.9 Å². The van der Waals surface area contributed by atoms with Crippen LogP contribution in [0.25, 0.3) is 0 Å². The van der Waals surface area contributed by atoms with Crippen LogP contribution in [-0.4, -0.2) is 17.3 Å². The van der Waals surface area contributed by atoms with E-state index in [4.69, 9.17) is 5.73 Å². The van der Waals surface area contributed by atoms with Gasteiger partial charge in [-0.15, -0.1) is 0 Å². The molecule has 0 radical (unpaired) electrons. The van der Waals surface area contributed by atoms with Crippen molar-refractivity contribution in [1.29, 1.82) is 0 Å². The third kappa shape index (κ3) is 1.59. The Morgan fingerprint density at radius 1 is 1.50 bits per heavy atom. The van der Waals surface area contributed by atoms with E-state index >= 15 is 0 Å². The summed E-state index contributed by atoms with van der Waals surface area (Å²) in [4.78, 5) is 0. The van der Waals surface area contributed by atoms with E-state index in [0.717, 1.165) is 25.7 Å². The van der Waals surface area contributed by atoms with Gasteiger partial charge in [0.25, 0.3) is 0 Å². The minimum Gasteiger partial charge on any atom is -0.389 e. The van der Waals surface area contributed by atoms with E-state index < -0.39 is 5.60 Å². The molecule has 0 heterocycles. The molecule has 0 amide bonds. The summed E-state index contributed by atoms with van der Waals surface area (Å²) in [6.45, 7) is 7.04. The molecule has 3 N–H and O–H groups in total. The molecular weight excluding hydrogens is 174 g/mol. The first-order chi connectivity index (χ1) is 6.54. The van der Waals surface area contributed by atoms with Crippen molar-refractivity contribution in [3.63, 3.8) is 0 Å². The summed E-state index contributed by atoms with van der Waals surface area (Å²) in [6.07, 6.45) is 5.31. The fourth-order valence-corrected chi connectivity index (χ4v) is 3.02. The molecule has 2 heteroatoms. The highest BCUT2D eigenvalue weighted by atomic mass is 16.3. The van der Waals surface area contributed by atoms with E-state index in [-0.39, 0.29) is 5.41 Å². The Morgan fingerprint density at radius 2 is 2.14 bits per heavy atom. The highest BCUT2D eigenvalue weighted by Gasteiger charge is 2.51. The average Bonchev–Trinajstić information content (AvgIpc) is 2.59. The number of aliphatic hydroxyl groups is 1. The van der Waals surface area contributed by atoms with Crippen LogP contribution in [0.15, 0.2) is 0 Å². The van der Waals surface area contributed by atoms with Crippen LogP contribution in [0.3, 0.4) is 0 Å². The van der Waals surface area contributed by atoms with Gasteiger partial charge in [0.15, 0.2) is 0 Å². The van der Waals surface area contributed by atoms with E-state index in [0.29, 0.717) is 12.5 Å². The van der Waals surface area contributed by atoms with Gasteiger partial charge in [0.2, 0.25) is 0 Å². The van der Waals surface area contributed by atoms with Crippen molar-refractivity contribution in [2.75, 3.05) is 6.54 Å². The molecule has 1 aliphatic carbocycles. The van der Waals surface area contributed by atoms with Crippen LogP contribution in [0.4, 0.5) is 0 Å². The van der Waals surface area contributed by atoms with Crippen LogP contribution in [0.1, 0.15) is 52.9 Å². The lowest BCUT2D eigenvalue weighted by atomic mass is 9.66. The van der Waals surface area contributed by atoms with Crippen molar-refractivity contribution in [2.24, 2.45) is 17.1 Å². The Balaban J connectivity index is 2.91. The van der Waals surface area contributed by atoms with Crippen molar-refractivity contribution in [2.45, 2.75) is 58.5 Å². The summed E-state index contributed by atoms with van der Waals surface area (Å²) in [7, 11) is 0. The number of hydrogen-bond acceptors (Lipinski definition) is 2. The van der Waals surface area contributed by atoms with Gasteiger partial charge in [-0.2, -0.15) is 0 Å². The van der Waals surface area contributed by atoms with Crippen LogP contribution < -0.4 is 5.73 Å². The van der Waals surface area contributed by atoms with E-state index in [1.54, 1.807) is 0 Å². The first-order valence-corrected chi connectivity index (χ1v) is 5.96. The fraction of sp³-hybridized carbons (Fsp3) is 1.00. The van der Waals surface area contributed by atoms with Gasteiger partial charge < -0.3 is 10.8 Å². The van der Waals surface area contributed by atoms with Gasteiger partial charge in [-0.25, -0.2) is 0 Å². The third-order valence-electron chi connectivity index (χ3n) is 4.55. The molecule has 1 fully saturated rings. The predicted octanol–water partition coefficient (Wildman–Crippen LogP) is 2.30. The summed E-state index contributed by atoms with van der Waals surface area (Å²) in [6, 6.07) is 0. The molecule has 0 aliphatic heterocycles. The lowest BCUT2D eigenvalue weighted by Crippen LogP contribution is -2.52. The molecule has 0 aromatic rings. The van der Waals surface area contributed by atoms with E-state index in [2.05, 4.69) is 20.8 Å². The van der Waals surface area contributed by atoms with Gasteiger partial charge in [-0.05, 0) is 25.2 Å². The maximum absolute atomic E-state index is 10.8. The standard InChI is InChI=1S/C12H25NO/c1-4-10-7-6-8-12(10,14)11(3,5-2)9-13/h10,14H,4-9,13H2,1-3H3. The molecule has 0 aromatic heterocycles. The molecule has 0 aromatic carbocycles. The van der Waals surface area contributed by atoms with Gasteiger partial charge in [0, 0.05) is 12.0 Å². The summed E-state index contributed by atoms with van der Waals surface area (Å²) < 4.78 is 0. The first-order valence-electron chi connectivity index (χ1n) is 5.96. The van der Waals surface area contributed by atoms with E-state index in [9.17, 15) is 5.11 Å². The lowest BCUT2D eigenvalue weighted by Gasteiger charge is -2.45. The fourth-order valence-electron chi connectivity index (χ4n) is 3.02. The van der Waals surface area contributed by atoms with Crippen LogP contribution in [0.2, 0.25) is 0 Å². The Morgan fingerprint density at radius 3 is 2.57 bits per heavy atom. The Kier molecular flexibility index (Phi) is 3.59. The second kappa shape index (κ2) is 4.19. The van der Waals surface area contributed by atoms with E-state index in [1.807, 2.05) is 0 Å². The molecule has 0 bridgehead atoms. The summed E-state index contributed by atoms with van der Waals surface area (Å²) in [5, 5.41) is 10.8. The molecule has 3 unspecified atom stereocenters. The molecular formula is C12H25NO. The summed E-state index contributed by atoms with van der Waals surface area (Å²) >= 11 is 0. The van der Waals surface area contributed by atoms with Crippen LogP contribution in [0, 0.1) is 11.3 Å². The number of nitrogens with two attached hydrogens (primary N) is 1. The molecule has 0 saturated heterocycles. The zero-order valence-corrected chi connectivity index (χ0v) is 9.84. The monoisotopic (exact) mass is 199 g/mol. The largest absolute Gasteiger partial charge is 0.389 e. The van der Waals surface area contributed by atoms with Crippen LogP contribution in [0.5, 0.6) is 0 Å². The van der Waals surface area contributed by atoms with E-state index in [1.165, 1.54) is 6.42 Å². The molecule has 1 saturated carbocycles. The Hall–Kier alpha value is -0.0800. The van der Waals surface area contributed by atoms with Gasteiger partial charge in [-0.1, -0.05) is 33.6 Å². The zero-order valence-electron chi connectivity index (χ0n) is 9.84. The molecule has 1 rings (SSSR count). The molecule has 1 aliphatic rings. The van der Waals surface area contributed by atoms with Crippen LogP contribution >= 0.6 is 0 Å². The highest BCUT2D eigenvalue weighted by Crippen LogP contribution is 2.49. The van der Waals surface area contributed by atoms with Crippen molar-refractivity contribution in [3.05, 3.63) is 0 Å². The second-order valence-corrected chi connectivity index (χ2v) is 5.04. The van der Waals surface area contributed by atoms with Gasteiger partial charge >= 0.3 is 0 Å². The number of rotatable bonds is 4. The van der Waals surface area contributed by atoms with Crippen LogP contribution in [-0.2, 0) is 0 Å². The minimum atomic E-state index is -0.509. The second-order valence-electron chi connectivity index (χ2n) is 5.04. The van der Waals surface area contributed by atoms with Gasteiger partial charge in [-0.3, -0.25) is 0 Å². The zero-order chi connectivity index (χ0) is 10.8. The molecule has 2 nitrogen and oxygen atoms in total. The first kappa shape index (κ1) is 12.0. The smallest absolute Gasteiger partial charge is 0.0740 e. The molecule has 14 heavy (non-hydrogen) atoms. The maximum Gasteiger partial charge on any atom is 0.0740 e. The lowest BCUT2D eigenvalue weighted by molar-refractivity contribution is -0.103. The topological polar surface area (TPSA) is 46.2 Å². The SMILES string of the molecule is CCC1CCCC1(O)C(C)(CC)CN. The molecule has 84 valence electrons. The molecule has 0 spiro atoms. The van der Waals surface area contributed by atoms with Gasteiger partial charge in [0.1, 0.15) is 0 Å². The van der Waals surface area contributed by atoms with Crippen molar-refractivity contribution < 1.29 is 5.11 Å². The maximum atomic E-state index is 10.8. The van der Waals surface area contributed by atoms with Crippen molar-refractivity contribution in [1.82, 2.24) is 0 Å². The normalized spacial score (nSPS) is 37.1. The number of hydrogen-bond donors (Lipinski definition) is 2. The predicted molar refractivity (Wildman–Crippen MR) is 60.0 cm³/mol. The summed E-state index contributed by atoms with van der Waals surface area (Å²) in [5.74, 6) is 0.455. The minimum absolute atomic E-state index is 0.0931. The Bertz CT molecular complexity index is 189. The van der Waals surface area contributed by atoms with Crippen molar-refractivity contribution in [3.8, 4) is 0 Å². The average molecular weight is 199 g/mol. The summed E-state index contributed by atoms with van der Waals surface area (Å²) in [5.41, 5.74) is 5.24. The quantitative estimate of drug-likeness (QED) is 0.730. The van der Waals surface area contributed by atoms with Gasteiger partial charge in [0.05, 0.1) is 5.60 Å². The highest BCUT2D eigenvalue weighted by molar-refractivity contribution is 5.03. The third-order valence-corrected chi connectivity index (χ3v) is 4.55. The molecule has 3 atom stereocenters. The van der Waals surface area contributed by atoms with Crippen molar-refractivity contribution >= 4 is 0 Å².